The SMILES string of the molecule is CC1(CCc2ccccc2)OCc2ccccc21. The quantitative estimate of drug-likeness (QED) is 0.783. The molecular formula is C17H18O. The normalized spacial score (nSPS) is 21.8. The standard InChI is InChI=1S/C17H18O/c1-17(12-11-14-7-3-2-4-8-14)16-10-6-5-9-15(16)13-18-17/h2-10H,11-13H2,1H3. The number of benzene rings is 2. The highest BCUT2D eigenvalue weighted by Gasteiger charge is 2.34. The highest BCUT2D eigenvalue weighted by Crippen LogP contribution is 2.39. The van der Waals surface area contributed by atoms with E-state index in [2.05, 4.69) is 61.5 Å². The maximum Gasteiger partial charge on any atom is 0.0914 e. The van der Waals surface area contributed by atoms with E-state index in [-0.39, 0.29) is 5.60 Å². The molecule has 2 aromatic carbocycles. The zero-order valence-electron chi connectivity index (χ0n) is 10.7. The van der Waals surface area contributed by atoms with Crippen molar-refractivity contribution >= 4 is 0 Å². The molecule has 0 fully saturated rings. The molecular weight excluding hydrogens is 220 g/mol. The summed E-state index contributed by atoms with van der Waals surface area (Å²) in [7, 11) is 0. The summed E-state index contributed by atoms with van der Waals surface area (Å²) >= 11 is 0. The number of fused-ring (bicyclic) bond motifs is 1. The van der Waals surface area contributed by atoms with Crippen LogP contribution < -0.4 is 0 Å². The van der Waals surface area contributed by atoms with Gasteiger partial charge in [0.1, 0.15) is 0 Å². The summed E-state index contributed by atoms with van der Waals surface area (Å²) < 4.78 is 6.03. The Balaban J connectivity index is 1.77. The molecule has 1 aliphatic rings. The van der Waals surface area contributed by atoms with Crippen molar-refractivity contribution in [2.75, 3.05) is 0 Å². The number of aryl methyl sites for hydroxylation is 1. The van der Waals surface area contributed by atoms with Crippen molar-refractivity contribution in [3.05, 3.63) is 71.3 Å². The lowest BCUT2D eigenvalue weighted by Crippen LogP contribution is -2.21. The summed E-state index contributed by atoms with van der Waals surface area (Å²) in [6, 6.07) is 19.2. The van der Waals surface area contributed by atoms with Gasteiger partial charge in [-0.05, 0) is 36.5 Å². The van der Waals surface area contributed by atoms with Crippen LogP contribution in [0.25, 0.3) is 0 Å². The van der Waals surface area contributed by atoms with Gasteiger partial charge in [0.05, 0.1) is 12.2 Å². The predicted octanol–water partition coefficient (Wildman–Crippen LogP) is 4.06. The molecule has 0 saturated heterocycles. The lowest BCUT2D eigenvalue weighted by molar-refractivity contribution is -0.0293. The monoisotopic (exact) mass is 238 g/mol. The fraction of sp³-hybridized carbons (Fsp3) is 0.294. The van der Waals surface area contributed by atoms with Crippen LogP contribution in [0.3, 0.4) is 0 Å². The fourth-order valence-corrected chi connectivity index (χ4v) is 2.71. The summed E-state index contributed by atoms with van der Waals surface area (Å²) in [5.41, 5.74) is 3.97. The van der Waals surface area contributed by atoms with Crippen LogP contribution in [0.5, 0.6) is 0 Å². The molecule has 92 valence electrons. The third kappa shape index (κ3) is 2.06. The highest BCUT2D eigenvalue weighted by atomic mass is 16.5. The van der Waals surface area contributed by atoms with Crippen molar-refractivity contribution in [3.63, 3.8) is 0 Å². The van der Waals surface area contributed by atoms with E-state index >= 15 is 0 Å². The van der Waals surface area contributed by atoms with E-state index in [4.69, 9.17) is 4.74 Å². The molecule has 0 amide bonds. The maximum absolute atomic E-state index is 6.03. The smallest absolute Gasteiger partial charge is 0.0914 e. The van der Waals surface area contributed by atoms with Gasteiger partial charge in [0, 0.05) is 0 Å². The lowest BCUT2D eigenvalue weighted by atomic mass is 9.88. The average molecular weight is 238 g/mol. The van der Waals surface area contributed by atoms with Gasteiger partial charge in [-0.25, -0.2) is 0 Å². The average Bonchev–Trinajstić information content (AvgIpc) is 2.77. The number of ether oxygens (including phenoxy) is 1. The molecule has 1 heterocycles. The van der Waals surface area contributed by atoms with Gasteiger partial charge in [0.2, 0.25) is 0 Å². The van der Waals surface area contributed by atoms with E-state index < -0.39 is 0 Å². The Bertz CT molecular complexity index is 532. The number of hydrogen-bond donors (Lipinski definition) is 0. The molecule has 0 radical (unpaired) electrons. The van der Waals surface area contributed by atoms with Crippen molar-refractivity contribution in [2.24, 2.45) is 0 Å². The second kappa shape index (κ2) is 4.58. The molecule has 18 heavy (non-hydrogen) atoms. The molecule has 1 unspecified atom stereocenters. The van der Waals surface area contributed by atoms with Crippen LogP contribution in [0.15, 0.2) is 54.6 Å². The van der Waals surface area contributed by atoms with Gasteiger partial charge < -0.3 is 4.74 Å². The second-order valence-electron chi connectivity index (χ2n) is 5.16. The molecule has 0 spiro atoms. The second-order valence-corrected chi connectivity index (χ2v) is 5.16. The fourth-order valence-electron chi connectivity index (χ4n) is 2.71. The zero-order valence-corrected chi connectivity index (χ0v) is 10.7. The van der Waals surface area contributed by atoms with Gasteiger partial charge in [0.15, 0.2) is 0 Å². The first kappa shape index (κ1) is 11.5. The van der Waals surface area contributed by atoms with Crippen LogP contribution in [-0.2, 0) is 23.4 Å². The summed E-state index contributed by atoms with van der Waals surface area (Å²) in [6.45, 7) is 2.96. The zero-order chi connectivity index (χ0) is 12.4. The predicted molar refractivity (Wildman–Crippen MR) is 73.3 cm³/mol. The molecule has 0 N–H and O–H groups in total. The van der Waals surface area contributed by atoms with Crippen LogP contribution >= 0.6 is 0 Å². The summed E-state index contributed by atoms with van der Waals surface area (Å²) in [5, 5.41) is 0. The van der Waals surface area contributed by atoms with Gasteiger partial charge in [-0.15, -0.1) is 0 Å². The largest absolute Gasteiger partial charge is 0.366 e. The number of rotatable bonds is 3. The van der Waals surface area contributed by atoms with E-state index in [9.17, 15) is 0 Å². The minimum Gasteiger partial charge on any atom is -0.366 e. The van der Waals surface area contributed by atoms with Crippen molar-refractivity contribution < 1.29 is 4.74 Å². The Hall–Kier alpha value is -1.60. The molecule has 0 aromatic heterocycles. The van der Waals surface area contributed by atoms with Crippen molar-refractivity contribution in [1.29, 1.82) is 0 Å². The molecule has 2 aromatic rings. The first-order chi connectivity index (χ1) is 8.78. The van der Waals surface area contributed by atoms with Crippen LogP contribution in [0.2, 0.25) is 0 Å². The third-order valence-electron chi connectivity index (χ3n) is 3.87. The summed E-state index contributed by atoms with van der Waals surface area (Å²) in [6.07, 6.45) is 2.10. The molecule has 0 saturated carbocycles. The molecule has 1 aliphatic heterocycles. The first-order valence-corrected chi connectivity index (χ1v) is 6.54. The lowest BCUT2D eigenvalue weighted by Gasteiger charge is -2.24. The molecule has 0 aliphatic carbocycles. The molecule has 1 heteroatoms. The van der Waals surface area contributed by atoms with Crippen molar-refractivity contribution in [2.45, 2.75) is 32.0 Å². The Kier molecular flexibility index (Phi) is 2.92. The molecule has 3 rings (SSSR count). The van der Waals surface area contributed by atoms with E-state index in [1.54, 1.807) is 0 Å². The third-order valence-corrected chi connectivity index (χ3v) is 3.87. The molecule has 0 bridgehead atoms. The summed E-state index contributed by atoms with van der Waals surface area (Å²) in [5.74, 6) is 0. The van der Waals surface area contributed by atoms with Crippen LogP contribution in [0.1, 0.15) is 30.0 Å². The van der Waals surface area contributed by atoms with Crippen molar-refractivity contribution in [3.8, 4) is 0 Å². The minimum absolute atomic E-state index is 0.119. The molecule has 1 nitrogen and oxygen atoms in total. The van der Waals surface area contributed by atoms with Crippen LogP contribution in [0.4, 0.5) is 0 Å². The van der Waals surface area contributed by atoms with E-state index in [1.807, 2.05) is 0 Å². The Morgan fingerprint density at radius 1 is 1.00 bits per heavy atom. The van der Waals surface area contributed by atoms with Gasteiger partial charge >= 0.3 is 0 Å². The van der Waals surface area contributed by atoms with E-state index in [0.29, 0.717) is 0 Å². The minimum atomic E-state index is -0.119. The highest BCUT2D eigenvalue weighted by molar-refractivity contribution is 5.35. The maximum atomic E-state index is 6.03. The van der Waals surface area contributed by atoms with Crippen LogP contribution in [-0.4, -0.2) is 0 Å². The Morgan fingerprint density at radius 2 is 1.72 bits per heavy atom. The van der Waals surface area contributed by atoms with Gasteiger partial charge in [0.25, 0.3) is 0 Å². The topological polar surface area (TPSA) is 9.23 Å². The van der Waals surface area contributed by atoms with Crippen LogP contribution in [0, 0.1) is 0 Å². The van der Waals surface area contributed by atoms with Gasteiger partial charge in [-0.2, -0.15) is 0 Å². The Labute approximate surface area is 108 Å². The Morgan fingerprint density at radius 3 is 2.56 bits per heavy atom. The van der Waals surface area contributed by atoms with E-state index in [1.165, 1.54) is 16.7 Å². The van der Waals surface area contributed by atoms with Crippen molar-refractivity contribution in [1.82, 2.24) is 0 Å². The number of hydrogen-bond acceptors (Lipinski definition) is 1. The van der Waals surface area contributed by atoms with Gasteiger partial charge in [-0.1, -0.05) is 54.6 Å². The van der Waals surface area contributed by atoms with Gasteiger partial charge in [-0.3, -0.25) is 0 Å². The molecule has 1 atom stereocenters. The first-order valence-electron chi connectivity index (χ1n) is 6.54. The summed E-state index contributed by atoms with van der Waals surface area (Å²) in [4.78, 5) is 0. The van der Waals surface area contributed by atoms with E-state index in [0.717, 1.165) is 19.4 Å².